The van der Waals surface area contributed by atoms with Crippen LogP contribution in [-0.4, -0.2) is 55.7 Å². The minimum Gasteiger partial charge on any atom is -0.379 e. The van der Waals surface area contributed by atoms with Crippen LogP contribution in [-0.2, 0) is 16.6 Å². The maximum absolute atomic E-state index is 12.5. The lowest BCUT2D eigenvalue weighted by molar-refractivity contribution is -0.144. The van der Waals surface area contributed by atoms with Crippen LogP contribution in [0, 0.1) is 0 Å². The first-order valence-electron chi connectivity index (χ1n) is 9.15. The summed E-state index contributed by atoms with van der Waals surface area (Å²) in [7, 11) is 1.87. The average Bonchev–Trinajstić information content (AvgIpc) is 3.14. The summed E-state index contributed by atoms with van der Waals surface area (Å²) in [5.41, 5.74) is 1.73. The number of hydrogen-bond donors (Lipinski definition) is 2. The van der Waals surface area contributed by atoms with Gasteiger partial charge < -0.3 is 20.1 Å². The molecule has 2 aliphatic rings. The largest absolute Gasteiger partial charge is 0.379 e. The van der Waals surface area contributed by atoms with Gasteiger partial charge in [0, 0.05) is 37.9 Å². The molecular weight excluding hydrogens is 465 g/mol. The molecule has 1 aromatic heterocycles. The fraction of sp³-hybridized carbons (Fsp3) is 0.316. The molecule has 2 amide bonds. The van der Waals surface area contributed by atoms with Gasteiger partial charge >= 0.3 is 0 Å². The average molecular weight is 484 g/mol. The van der Waals surface area contributed by atoms with E-state index in [0.29, 0.717) is 22.3 Å². The molecule has 1 fully saturated rings. The zero-order valence-corrected chi connectivity index (χ0v) is 19.1. The van der Waals surface area contributed by atoms with Gasteiger partial charge in [0.1, 0.15) is 11.4 Å². The number of para-hydroxylation sites is 1. The van der Waals surface area contributed by atoms with Crippen LogP contribution in [0.5, 0.6) is 0 Å². The maximum Gasteiger partial charge on any atom is 0.253 e. The lowest BCUT2D eigenvalue weighted by atomic mass is 10.1. The Bertz CT molecular complexity index is 992. The molecule has 2 N–H and O–H groups in total. The van der Waals surface area contributed by atoms with Gasteiger partial charge in [0.05, 0.1) is 21.5 Å². The van der Waals surface area contributed by atoms with Crippen molar-refractivity contribution in [3.8, 4) is 0 Å². The molecule has 1 unspecified atom stereocenters. The molecule has 0 spiro atoms. The number of halogens is 2. The Balaban J connectivity index is 1.29. The Hall–Kier alpha value is -1.81. The SMILES string of the molecule is Cn1ccnc1SCC(=O)NC1C(=O)N2C=C(CNc3c(Cl)cccc3Cl)CS[C@@H]12. The molecule has 0 saturated carbocycles. The van der Waals surface area contributed by atoms with Crippen LogP contribution in [0.25, 0.3) is 0 Å². The smallest absolute Gasteiger partial charge is 0.253 e. The van der Waals surface area contributed by atoms with Gasteiger partial charge in [-0.15, -0.1) is 11.8 Å². The number of rotatable bonds is 7. The zero-order valence-electron chi connectivity index (χ0n) is 16.0. The number of hydrogen-bond acceptors (Lipinski definition) is 6. The molecular formula is C19H19Cl2N5O2S2. The van der Waals surface area contributed by atoms with Gasteiger partial charge in [0.25, 0.3) is 5.91 Å². The van der Waals surface area contributed by atoms with Crippen molar-refractivity contribution in [2.24, 2.45) is 7.05 Å². The normalized spacial score (nSPS) is 20.3. The predicted molar refractivity (Wildman–Crippen MR) is 122 cm³/mol. The lowest BCUT2D eigenvalue weighted by Crippen LogP contribution is -2.68. The highest BCUT2D eigenvalue weighted by Gasteiger charge is 2.49. The van der Waals surface area contributed by atoms with E-state index < -0.39 is 6.04 Å². The van der Waals surface area contributed by atoms with Gasteiger partial charge in [-0.05, 0) is 17.7 Å². The number of nitrogens with one attached hydrogen (secondary N) is 2. The van der Waals surface area contributed by atoms with E-state index in [0.717, 1.165) is 16.5 Å². The number of imidazole rings is 1. The van der Waals surface area contributed by atoms with E-state index in [1.54, 1.807) is 41.1 Å². The summed E-state index contributed by atoms with van der Waals surface area (Å²) in [5.74, 6) is 0.690. The molecule has 30 heavy (non-hydrogen) atoms. The van der Waals surface area contributed by atoms with Crippen molar-refractivity contribution >= 4 is 64.2 Å². The lowest BCUT2D eigenvalue weighted by Gasteiger charge is -2.47. The van der Waals surface area contributed by atoms with Crippen LogP contribution in [0.2, 0.25) is 10.0 Å². The van der Waals surface area contributed by atoms with Crippen molar-refractivity contribution in [1.82, 2.24) is 19.8 Å². The molecule has 4 rings (SSSR count). The van der Waals surface area contributed by atoms with E-state index in [2.05, 4.69) is 15.6 Å². The van der Waals surface area contributed by atoms with E-state index in [1.807, 2.05) is 24.0 Å². The molecule has 2 aromatic rings. The number of fused-ring (bicyclic) bond motifs is 1. The Morgan fingerprint density at radius 3 is 2.83 bits per heavy atom. The van der Waals surface area contributed by atoms with Crippen molar-refractivity contribution in [1.29, 1.82) is 0 Å². The molecule has 0 bridgehead atoms. The standard InChI is InChI=1S/C19H19Cl2N5O2S2/c1-25-6-5-22-19(25)30-10-14(27)24-16-17(28)26-8-11(9-29-18(16)26)7-23-15-12(20)3-2-4-13(15)21/h2-6,8,16,18,23H,7,9-10H2,1H3,(H,24,27)/t16?,18-/m0/s1. The molecule has 1 saturated heterocycles. The summed E-state index contributed by atoms with van der Waals surface area (Å²) in [6.07, 6.45) is 5.36. The number of carbonyl (C=O) groups is 2. The highest BCUT2D eigenvalue weighted by atomic mass is 35.5. The van der Waals surface area contributed by atoms with Gasteiger partial charge in [-0.2, -0.15) is 0 Å². The Labute approximate surface area is 192 Å². The number of carbonyl (C=O) groups excluding carboxylic acids is 2. The Morgan fingerprint density at radius 1 is 1.37 bits per heavy atom. The third-order valence-corrected chi connectivity index (χ3v) is 7.79. The first kappa shape index (κ1) is 21.4. The predicted octanol–water partition coefficient (Wildman–Crippen LogP) is 3.21. The fourth-order valence-electron chi connectivity index (χ4n) is 3.16. The molecule has 1 aromatic carbocycles. The maximum atomic E-state index is 12.5. The van der Waals surface area contributed by atoms with Gasteiger partial charge in [-0.1, -0.05) is 41.0 Å². The van der Waals surface area contributed by atoms with E-state index in [1.165, 1.54) is 11.8 Å². The summed E-state index contributed by atoms with van der Waals surface area (Å²) >= 11 is 15.3. The second kappa shape index (κ2) is 9.13. The number of β-lactam (4-membered cyclic amide) rings is 1. The van der Waals surface area contributed by atoms with Gasteiger partial charge in [-0.25, -0.2) is 4.98 Å². The summed E-state index contributed by atoms with van der Waals surface area (Å²) in [6.45, 7) is 0.532. The number of benzene rings is 1. The van der Waals surface area contributed by atoms with Crippen molar-refractivity contribution in [3.05, 3.63) is 52.4 Å². The van der Waals surface area contributed by atoms with Crippen LogP contribution in [0.15, 0.2) is 47.5 Å². The summed E-state index contributed by atoms with van der Waals surface area (Å²) in [5, 5.41) is 7.87. The van der Waals surface area contributed by atoms with E-state index >= 15 is 0 Å². The van der Waals surface area contributed by atoms with Crippen molar-refractivity contribution in [2.75, 3.05) is 23.4 Å². The number of anilines is 1. The highest BCUT2D eigenvalue weighted by molar-refractivity contribution is 8.00. The topological polar surface area (TPSA) is 79.3 Å². The van der Waals surface area contributed by atoms with Crippen LogP contribution in [0.4, 0.5) is 5.69 Å². The molecule has 158 valence electrons. The molecule has 7 nitrogen and oxygen atoms in total. The third kappa shape index (κ3) is 4.44. The molecule has 11 heteroatoms. The summed E-state index contributed by atoms with van der Waals surface area (Å²) in [4.78, 5) is 30.6. The zero-order chi connectivity index (χ0) is 21.3. The fourth-order valence-corrected chi connectivity index (χ4v) is 5.70. The van der Waals surface area contributed by atoms with Crippen LogP contribution >= 0.6 is 46.7 Å². The number of thioether (sulfide) groups is 2. The highest BCUT2D eigenvalue weighted by Crippen LogP contribution is 2.37. The van der Waals surface area contributed by atoms with Gasteiger partial charge in [0.2, 0.25) is 5.91 Å². The summed E-state index contributed by atoms with van der Waals surface area (Å²) < 4.78 is 1.85. The van der Waals surface area contributed by atoms with Crippen LogP contribution in [0.1, 0.15) is 0 Å². The second-order valence-electron chi connectivity index (χ2n) is 6.84. The molecule has 0 radical (unpaired) electrons. The van der Waals surface area contributed by atoms with Crippen LogP contribution < -0.4 is 10.6 Å². The first-order valence-corrected chi connectivity index (χ1v) is 11.9. The Morgan fingerprint density at radius 2 is 2.13 bits per heavy atom. The van der Waals surface area contributed by atoms with E-state index in [4.69, 9.17) is 23.2 Å². The number of nitrogens with zero attached hydrogens (tertiary/aromatic N) is 3. The number of amides is 2. The monoisotopic (exact) mass is 483 g/mol. The third-order valence-electron chi connectivity index (χ3n) is 4.72. The second-order valence-corrected chi connectivity index (χ2v) is 9.70. The first-order chi connectivity index (χ1) is 14.4. The van der Waals surface area contributed by atoms with Gasteiger partial charge in [0.15, 0.2) is 5.16 Å². The van der Waals surface area contributed by atoms with E-state index in [-0.39, 0.29) is 22.9 Å². The molecule has 0 aliphatic carbocycles. The van der Waals surface area contributed by atoms with Crippen LogP contribution in [0.3, 0.4) is 0 Å². The number of aromatic nitrogens is 2. The number of aryl methyl sites for hydroxylation is 1. The minimum atomic E-state index is -0.492. The van der Waals surface area contributed by atoms with Crippen molar-refractivity contribution < 1.29 is 9.59 Å². The quantitative estimate of drug-likeness (QED) is 0.464. The summed E-state index contributed by atoms with van der Waals surface area (Å²) in [6, 6.07) is 4.84. The Kier molecular flexibility index (Phi) is 6.52. The minimum absolute atomic E-state index is 0.0766. The molecule has 2 aliphatic heterocycles. The van der Waals surface area contributed by atoms with Gasteiger partial charge in [-0.3, -0.25) is 9.59 Å². The molecule has 3 heterocycles. The van der Waals surface area contributed by atoms with E-state index in [9.17, 15) is 9.59 Å². The van der Waals surface area contributed by atoms with Crippen molar-refractivity contribution in [2.45, 2.75) is 16.6 Å². The molecule has 2 atom stereocenters. The van der Waals surface area contributed by atoms with Crippen molar-refractivity contribution in [3.63, 3.8) is 0 Å².